The highest BCUT2D eigenvalue weighted by Crippen LogP contribution is 2.36. The van der Waals surface area contributed by atoms with E-state index in [9.17, 15) is 14.7 Å². The van der Waals surface area contributed by atoms with Crippen LogP contribution in [0.2, 0.25) is 0 Å². The fourth-order valence-corrected chi connectivity index (χ4v) is 3.98. The predicted molar refractivity (Wildman–Crippen MR) is 142 cm³/mol. The van der Waals surface area contributed by atoms with Crippen molar-refractivity contribution in [1.82, 2.24) is 15.0 Å². The number of hydrogen-bond donors (Lipinski definition) is 3. The van der Waals surface area contributed by atoms with E-state index in [1.54, 1.807) is 6.07 Å². The van der Waals surface area contributed by atoms with E-state index in [1.165, 1.54) is 40.3 Å². The Morgan fingerprint density at radius 1 is 0.976 bits per heavy atom. The lowest BCUT2D eigenvalue weighted by atomic mass is 10.0. The maximum Gasteiger partial charge on any atom is 0.261 e. The van der Waals surface area contributed by atoms with Crippen LogP contribution in [0, 0.1) is 25.5 Å². The van der Waals surface area contributed by atoms with Gasteiger partial charge in [0.25, 0.3) is 17.7 Å². The monoisotopic (exact) mass is 569 g/mol. The Hall–Kier alpha value is -5.11. The van der Waals surface area contributed by atoms with Crippen molar-refractivity contribution in [1.29, 1.82) is 0 Å². The number of amides is 2. The lowest BCUT2D eigenvalue weighted by molar-refractivity contribution is 0.0996. The first kappa shape index (κ1) is 28.9. The summed E-state index contributed by atoms with van der Waals surface area (Å²) in [5.74, 6) is -4.92. The molecule has 1 aromatic carbocycles. The van der Waals surface area contributed by atoms with Gasteiger partial charge in [-0.25, -0.2) is 13.8 Å². The summed E-state index contributed by atoms with van der Waals surface area (Å²) in [4.78, 5) is 37.2. The van der Waals surface area contributed by atoms with Gasteiger partial charge in [0.2, 0.25) is 0 Å². The van der Waals surface area contributed by atoms with Crippen molar-refractivity contribution in [3.63, 3.8) is 0 Å². The molecule has 0 bridgehead atoms. The van der Waals surface area contributed by atoms with Crippen LogP contribution in [0.1, 0.15) is 32.1 Å². The number of primary amides is 1. The van der Waals surface area contributed by atoms with Crippen LogP contribution in [0.3, 0.4) is 0 Å². The zero-order chi connectivity index (χ0) is 29.8. The summed E-state index contributed by atoms with van der Waals surface area (Å²) in [6.45, 7) is 3.39. The molecule has 0 saturated carbocycles. The van der Waals surface area contributed by atoms with E-state index >= 15 is 8.78 Å². The quantitative estimate of drug-likeness (QED) is 0.239. The minimum Gasteiger partial charge on any atom is -0.506 e. The number of nitrogens with two attached hydrogens (primary N) is 1. The molecule has 0 unspecified atom stereocenters. The first-order valence-electron chi connectivity index (χ1n) is 12.0. The topological polar surface area (TPSA) is 168 Å². The van der Waals surface area contributed by atoms with Gasteiger partial charge in [-0.15, -0.1) is 0 Å². The van der Waals surface area contributed by atoms with Crippen molar-refractivity contribution < 1.29 is 42.4 Å². The van der Waals surface area contributed by atoms with Crippen LogP contribution in [0.5, 0.6) is 28.9 Å². The highest BCUT2D eigenvalue weighted by Gasteiger charge is 2.25. The number of aromatic hydroxyl groups is 1. The number of benzene rings is 1. The fourth-order valence-electron chi connectivity index (χ4n) is 3.98. The van der Waals surface area contributed by atoms with E-state index < -0.39 is 46.2 Å². The number of anilines is 1. The van der Waals surface area contributed by atoms with E-state index in [0.29, 0.717) is 23.9 Å². The van der Waals surface area contributed by atoms with Gasteiger partial charge in [-0.3, -0.25) is 19.6 Å². The van der Waals surface area contributed by atoms with E-state index in [2.05, 4.69) is 20.3 Å². The van der Waals surface area contributed by atoms with Gasteiger partial charge in [-0.1, -0.05) is 0 Å². The average molecular weight is 570 g/mol. The summed E-state index contributed by atoms with van der Waals surface area (Å²) >= 11 is 0. The maximum absolute atomic E-state index is 15.1. The highest BCUT2D eigenvalue weighted by atomic mass is 19.1. The van der Waals surface area contributed by atoms with Crippen LogP contribution >= 0.6 is 0 Å². The Bertz CT molecular complexity index is 1670. The molecule has 41 heavy (non-hydrogen) atoms. The van der Waals surface area contributed by atoms with Crippen LogP contribution in [-0.4, -0.2) is 59.3 Å². The molecule has 4 rings (SSSR count). The van der Waals surface area contributed by atoms with Crippen molar-refractivity contribution in [2.75, 3.05) is 32.8 Å². The number of hydrogen-bond acceptors (Lipinski definition) is 10. The molecular weight excluding hydrogens is 544 g/mol. The number of carbonyl (C=O) groups excluding carboxylic acids is 2. The standard InChI is InChI=1S/C27H25F2N5O7/c1-12-21(25(30)36)24(35)22(13(2)32-12)26(37)33-16-9-15(29)19(10-14(16)28)41-18-5-6-31-17-11-20(40-8-7-38-3)27(39-4)34-23(17)18/h5-6,9-11H,7-8H2,1-4H3,(H2,30,36)(H,32,35)(H,33,37). The molecule has 4 aromatic rings. The Kier molecular flexibility index (Phi) is 8.42. The van der Waals surface area contributed by atoms with Crippen molar-refractivity contribution in [3.8, 4) is 28.9 Å². The number of pyridine rings is 3. The molecule has 0 radical (unpaired) electrons. The third-order valence-electron chi connectivity index (χ3n) is 5.84. The summed E-state index contributed by atoms with van der Waals surface area (Å²) in [5.41, 5.74) is 4.60. The molecule has 0 aliphatic carbocycles. The molecule has 3 aromatic heterocycles. The number of ether oxygens (including phenoxy) is 4. The molecule has 0 aliphatic heterocycles. The zero-order valence-electron chi connectivity index (χ0n) is 22.4. The van der Waals surface area contributed by atoms with Gasteiger partial charge in [0, 0.05) is 37.6 Å². The average Bonchev–Trinajstić information content (AvgIpc) is 2.90. The summed E-state index contributed by atoms with van der Waals surface area (Å²) in [5, 5.41) is 12.6. The summed E-state index contributed by atoms with van der Waals surface area (Å²) in [6.07, 6.45) is 1.39. The minimum absolute atomic E-state index is 0.0390. The molecule has 214 valence electrons. The van der Waals surface area contributed by atoms with E-state index in [-0.39, 0.29) is 40.7 Å². The van der Waals surface area contributed by atoms with Gasteiger partial charge in [-0.2, -0.15) is 0 Å². The van der Waals surface area contributed by atoms with E-state index in [4.69, 9.17) is 24.7 Å². The molecule has 0 spiro atoms. The molecule has 0 saturated heterocycles. The van der Waals surface area contributed by atoms with Crippen LogP contribution in [0.25, 0.3) is 11.0 Å². The van der Waals surface area contributed by atoms with Gasteiger partial charge in [-0.05, 0) is 13.8 Å². The number of nitrogens with zero attached hydrogens (tertiary/aromatic N) is 3. The number of methoxy groups -OCH3 is 2. The van der Waals surface area contributed by atoms with Gasteiger partial charge in [0.15, 0.2) is 28.9 Å². The second-order valence-corrected chi connectivity index (χ2v) is 8.58. The lowest BCUT2D eigenvalue weighted by Gasteiger charge is -2.15. The van der Waals surface area contributed by atoms with Crippen LogP contribution < -0.4 is 25.3 Å². The van der Waals surface area contributed by atoms with Gasteiger partial charge in [0.1, 0.15) is 29.0 Å². The molecule has 0 aliphatic rings. The maximum atomic E-state index is 15.1. The first-order chi connectivity index (χ1) is 19.5. The van der Waals surface area contributed by atoms with E-state index in [1.807, 2.05) is 0 Å². The number of rotatable bonds is 10. The SMILES string of the molecule is COCCOc1cc2nccc(Oc3cc(F)c(NC(=O)c4c(C)nc(C)c(C(N)=O)c4O)cc3F)c2nc1OC. The van der Waals surface area contributed by atoms with Crippen molar-refractivity contribution in [2.24, 2.45) is 5.73 Å². The molecule has 3 heterocycles. The number of aromatic nitrogens is 3. The van der Waals surface area contributed by atoms with Crippen molar-refractivity contribution >= 4 is 28.5 Å². The number of nitrogens with one attached hydrogen (secondary N) is 1. The minimum atomic E-state index is -1.06. The van der Waals surface area contributed by atoms with Crippen molar-refractivity contribution in [2.45, 2.75) is 13.8 Å². The fraction of sp³-hybridized carbons (Fsp3) is 0.222. The Morgan fingerprint density at radius 2 is 1.71 bits per heavy atom. The summed E-state index contributed by atoms with van der Waals surface area (Å²) in [7, 11) is 2.92. The number of halogens is 2. The van der Waals surface area contributed by atoms with E-state index in [0.717, 1.165) is 6.07 Å². The van der Waals surface area contributed by atoms with Gasteiger partial charge >= 0.3 is 0 Å². The van der Waals surface area contributed by atoms with Crippen LogP contribution in [0.15, 0.2) is 30.5 Å². The van der Waals surface area contributed by atoms with Gasteiger partial charge in [0.05, 0.1) is 36.3 Å². The Labute approximate surface area is 232 Å². The third-order valence-corrected chi connectivity index (χ3v) is 5.84. The highest BCUT2D eigenvalue weighted by molar-refractivity contribution is 6.10. The number of carbonyl (C=O) groups is 2. The molecule has 0 fully saturated rings. The Balaban J connectivity index is 1.63. The van der Waals surface area contributed by atoms with Crippen molar-refractivity contribution in [3.05, 3.63) is 64.6 Å². The molecule has 0 atom stereocenters. The predicted octanol–water partition coefficient (Wildman–Crippen LogP) is 3.80. The van der Waals surface area contributed by atoms with Gasteiger partial charge < -0.3 is 35.1 Å². The second kappa shape index (κ2) is 12.0. The lowest BCUT2D eigenvalue weighted by Crippen LogP contribution is -2.20. The normalized spacial score (nSPS) is 10.9. The number of fused-ring (bicyclic) bond motifs is 1. The third kappa shape index (κ3) is 5.91. The smallest absolute Gasteiger partial charge is 0.261 e. The Morgan fingerprint density at radius 3 is 2.39 bits per heavy atom. The molecule has 4 N–H and O–H groups in total. The summed E-state index contributed by atoms with van der Waals surface area (Å²) < 4.78 is 51.6. The molecule has 12 nitrogen and oxygen atoms in total. The van der Waals surface area contributed by atoms with Crippen LogP contribution in [0.4, 0.5) is 14.5 Å². The largest absolute Gasteiger partial charge is 0.506 e. The second-order valence-electron chi connectivity index (χ2n) is 8.58. The van der Waals surface area contributed by atoms with Crippen LogP contribution in [-0.2, 0) is 4.74 Å². The number of aryl methyl sites for hydroxylation is 2. The summed E-state index contributed by atoms with van der Waals surface area (Å²) in [6, 6.07) is 4.38. The zero-order valence-corrected chi connectivity index (χ0v) is 22.4. The molecular formula is C27H25F2N5O7. The molecule has 2 amide bonds. The first-order valence-corrected chi connectivity index (χ1v) is 12.0. The molecule has 14 heteroatoms.